The molecule has 0 saturated carbocycles. The minimum absolute atomic E-state index is 0.127. The monoisotopic (exact) mass is 310 g/mol. The highest BCUT2D eigenvalue weighted by Gasteiger charge is 2.16. The molecular formula is C11H14N6O3S. The van der Waals surface area contributed by atoms with Crippen molar-refractivity contribution in [1.29, 1.82) is 0 Å². The Morgan fingerprint density at radius 3 is 2.76 bits per heavy atom. The maximum Gasteiger partial charge on any atom is 0.242 e. The molecule has 0 bridgehead atoms. The molecule has 2 aromatic rings. The molecule has 0 aliphatic carbocycles. The van der Waals surface area contributed by atoms with Crippen LogP contribution in [0.15, 0.2) is 24.4 Å². The van der Waals surface area contributed by atoms with E-state index in [4.69, 9.17) is 0 Å². The van der Waals surface area contributed by atoms with Crippen molar-refractivity contribution in [3.05, 3.63) is 24.4 Å². The number of amides is 1. The van der Waals surface area contributed by atoms with Crippen molar-refractivity contribution in [3.8, 4) is 11.5 Å². The fraction of sp³-hybridized carbons (Fsp3) is 0.273. The minimum Gasteiger partial charge on any atom is -0.306 e. The lowest BCUT2D eigenvalue weighted by Gasteiger charge is -2.12. The van der Waals surface area contributed by atoms with E-state index >= 15 is 0 Å². The predicted octanol–water partition coefficient (Wildman–Crippen LogP) is -0.303. The van der Waals surface area contributed by atoms with Gasteiger partial charge in [-0.1, -0.05) is 6.07 Å². The zero-order chi connectivity index (χ0) is 15.5. The van der Waals surface area contributed by atoms with E-state index in [2.05, 4.69) is 25.5 Å². The van der Waals surface area contributed by atoms with Gasteiger partial charge in [-0.2, -0.15) is 4.31 Å². The first-order valence-electron chi connectivity index (χ1n) is 5.91. The SMILES string of the molecule is CN(CC(=O)Nc1nnc(-c2ccccn2)[nH]1)S(C)(=O)=O. The van der Waals surface area contributed by atoms with Crippen LogP contribution in [0.4, 0.5) is 5.95 Å². The average Bonchev–Trinajstić information content (AvgIpc) is 2.87. The Hall–Kier alpha value is -2.33. The number of aromatic nitrogens is 4. The number of likely N-dealkylation sites (N-methyl/N-ethyl adjacent to an activating group) is 1. The summed E-state index contributed by atoms with van der Waals surface area (Å²) in [5, 5.41) is 10.0. The summed E-state index contributed by atoms with van der Waals surface area (Å²) in [5.74, 6) is 0.0107. The number of pyridine rings is 1. The second-order valence-corrected chi connectivity index (χ2v) is 6.39. The fourth-order valence-electron chi connectivity index (χ4n) is 1.43. The number of H-pyrrole nitrogens is 1. The number of sulfonamides is 1. The summed E-state index contributed by atoms with van der Waals surface area (Å²) in [5.41, 5.74) is 0.582. The molecular weight excluding hydrogens is 296 g/mol. The molecule has 112 valence electrons. The van der Waals surface area contributed by atoms with E-state index in [0.717, 1.165) is 10.6 Å². The molecule has 2 rings (SSSR count). The standard InChI is InChI=1S/C11H14N6O3S/c1-17(21(2,19)20)7-9(18)13-11-14-10(15-16-11)8-5-3-4-6-12-8/h3-6H,7H2,1-2H3,(H2,13,14,15,16,18). The molecule has 0 unspecified atom stereocenters. The van der Waals surface area contributed by atoms with Crippen molar-refractivity contribution in [2.45, 2.75) is 0 Å². The van der Waals surface area contributed by atoms with Gasteiger partial charge < -0.3 is 4.98 Å². The summed E-state index contributed by atoms with van der Waals surface area (Å²) in [6, 6.07) is 5.30. The van der Waals surface area contributed by atoms with Crippen LogP contribution >= 0.6 is 0 Å². The summed E-state index contributed by atoms with van der Waals surface area (Å²) in [7, 11) is -2.10. The van der Waals surface area contributed by atoms with E-state index in [-0.39, 0.29) is 12.5 Å². The summed E-state index contributed by atoms with van der Waals surface area (Å²) in [4.78, 5) is 18.6. The summed E-state index contributed by atoms with van der Waals surface area (Å²) in [6.07, 6.45) is 2.63. The first-order chi connectivity index (χ1) is 9.86. The predicted molar refractivity (Wildman–Crippen MR) is 75.7 cm³/mol. The first-order valence-corrected chi connectivity index (χ1v) is 7.76. The fourth-order valence-corrected chi connectivity index (χ4v) is 1.78. The lowest BCUT2D eigenvalue weighted by Crippen LogP contribution is -2.34. The van der Waals surface area contributed by atoms with E-state index in [1.54, 1.807) is 24.4 Å². The Labute approximate surface area is 121 Å². The van der Waals surface area contributed by atoms with Crippen LogP contribution in [-0.4, -0.2) is 58.6 Å². The maximum absolute atomic E-state index is 11.7. The molecule has 0 spiro atoms. The Bertz CT molecular complexity index is 727. The zero-order valence-corrected chi connectivity index (χ0v) is 12.3. The summed E-state index contributed by atoms with van der Waals surface area (Å²) in [6.45, 7) is -0.307. The second-order valence-electron chi connectivity index (χ2n) is 4.30. The van der Waals surface area contributed by atoms with E-state index in [1.165, 1.54) is 7.05 Å². The van der Waals surface area contributed by atoms with Gasteiger partial charge in [-0.15, -0.1) is 10.2 Å². The smallest absolute Gasteiger partial charge is 0.242 e. The number of anilines is 1. The molecule has 10 heteroatoms. The lowest BCUT2D eigenvalue weighted by atomic mass is 10.3. The van der Waals surface area contributed by atoms with Crippen molar-refractivity contribution in [3.63, 3.8) is 0 Å². The number of rotatable bonds is 5. The Balaban J connectivity index is 2.02. The first kappa shape index (κ1) is 15.1. The van der Waals surface area contributed by atoms with Crippen LogP contribution in [0.5, 0.6) is 0 Å². The van der Waals surface area contributed by atoms with Gasteiger partial charge in [0.25, 0.3) is 0 Å². The second kappa shape index (κ2) is 5.97. The Morgan fingerprint density at radius 1 is 1.38 bits per heavy atom. The molecule has 0 saturated heterocycles. The van der Waals surface area contributed by atoms with Gasteiger partial charge in [0, 0.05) is 13.2 Å². The largest absolute Gasteiger partial charge is 0.306 e. The third-order valence-corrected chi connectivity index (χ3v) is 3.85. The van der Waals surface area contributed by atoms with Gasteiger partial charge in [-0.25, -0.2) is 8.42 Å². The van der Waals surface area contributed by atoms with Crippen molar-refractivity contribution in [2.24, 2.45) is 0 Å². The number of nitrogens with zero attached hydrogens (tertiary/aromatic N) is 4. The molecule has 2 heterocycles. The number of hydrogen-bond acceptors (Lipinski definition) is 6. The molecule has 0 aliphatic rings. The van der Waals surface area contributed by atoms with Crippen molar-refractivity contribution in [1.82, 2.24) is 24.5 Å². The van der Waals surface area contributed by atoms with Gasteiger partial charge in [0.05, 0.1) is 12.8 Å². The van der Waals surface area contributed by atoms with Gasteiger partial charge in [-0.05, 0) is 12.1 Å². The normalized spacial score (nSPS) is 11.6. The van der Waals surface area contributed by atoms with Crippen molar-refractivity contribution < 1.29 is 13.2 Å². The molecule has 1 amide bonds. The third-order valence-electron chi connectivity index (χ3n) is 2.58. The average molecular weight is 310 g/mol. The molecule has 2 N–H and O–H groups in total. The highest BCUT2D eigenvalue weighted by atomic mass is 32.2. The van der Waals surface area contributed by atoms with Gasteiger partial charge in [0.2, 0.25) is 21.9 Å². The van der Waals surface area contributed by atoms with Crippen LogP contribution in [0.3, 0.4) is 0 Å². The van der Waals surface area contributed by atoms with Crippen LogP contribution < -0.4 is 5.32 Å². The topological polar surface area (TPSA) is 121 Å². The van der Waals surface area contributed by atoms with E-state index in [1.807, 2.05) is 0 Å². The Kier molecular flexibility index (Phi) is 4.29. The number of hydrogen-bond donors (Lipinski definition) is 2. The number of nitrogens with one attached hydrogen (secondary N) is 2. The molecule has 21 heavy (non-hydrogen) atoms. The third kappa shape index (κ3) is 4.07. The van der Waals surface area contributed by atoms with Crippen LogP contribution in [0.2, 0.25) is 0 Å². The summed E-state index contributed by atoms with van der Waals surface area (Å²) >= 11 is 0. The zero-order valence-electron chi connectivity index (χ0n) is 11.4. The minimum atomic E-state index is -3.41. The lowest BCUT2D eigenvalue weighted by molar-refractivity contribution is -0.116. The molecule has 0 radical (unpaired) electrons. The van der Waals surface area contributed by atoms with E-state index in [9.17, 15) is 13.2 Å². The van der Waals surface area contributed by atoms with Gasteiger partial charge >= 0.3 is 0 Å². The van der Waals surface area contributed by atoms with Gasteiger partial charge in [-0.3, -0.25) is 15.1 Å². The molecule has 0 fully saturated rings. The number of aromatic amines is 1. The van der Waals surface area contributed by atoms with Crippen molar-refractivity contribution in [2.75, 3.05) is 25.2 Å². The molecule has 2 aromatic heterocycles. The van der Waals surface area contributed by atoms with Crippen LogP contribution in [0.25, 0.3) is 11.5 Å². The van der Waals surface area contributed by atoms with Crippen molar-refractivity contribution >= 4 is 21.9 Å². The van der Waals surface area contributed by atoms with Crippen LogP contribution in [0, 0.1) is 0 Å². The summed E-state index contributed by atoms with van der Waals surface area (Å²) < 4.78 is 23.3. The highest BCUT2D eigenvalue weighted by Crippen LogP contribution is 2.11. The number of carbonyl (C=O) groups excluding carboxylic acids is 1. The quantitative estimate of drug-likeness (QED) is 0.782. The molecule has 0 atom stereocenters. The van der Waals surface area contributed by atoms with Gasteiger partial charge in [0.1, 0.15) is 5.69 Å². The molecule has 0 aliphatic heterocycles. The number of carbonyl (C=O) groups is 1. The van der Waals surface area contributed by atoms with Crippen LogP contribution in [0.1, 0.15) is 0 Å². The van der Waals surface area contributed by atoms with E-state index < -0.39 is 15.9 Å². The molecule has 9 nitrogen and oxygen atoms in total. The molecule has 0 aromatic carbocycles. The van der Waals surface area contributed by atoms with Crippen LogP contribution in [-0.2, 0) is 14.8 Å². The highest BCUT2D eigenvalue weighted by molar-refractivity contribution is 7.88. The Morgan fingerprint density at radius 2 is 2.14 bits per heavy atom. The van der Waals surface area contributed by atoms with E-state index in [0.29, 0.717) is 11.5 Å². The maximum atomic E-state index is 11.7. The van der Waals surface area contributed by atoms with Gasteiger partial charge in [0.15, 0.2) is 5.82 Å².